The van der Waals surface area contributed by atoms with Gasteiger partial charge in [-0.15, -0.1) is 0 Å². The maximum absolute atomic E-state index is 6.26. The van der Waals surface area contributed by atoms with Gasteiger partial charge in [0.1, 0.15) is 0 Å². The number of hydrogen-bond donors (Lipinski definition) is 1. The number of rotatable bonds is 4. The number of nitrogens with one attached hydrogen (secondary N) is 1. The third-order valence-electron chi connectivity index (χ3n) is 4.74. The van der Waals surface area contributed by atoms with E-state index in [4.69, 9.17) is 4.74 Å². The number of ether oxygens (including phenoxy) is 1. The van der Waals surface area contributed by atoms with E-state index in [2.05, 4.69) is 44.8 Å². The van der Waals surface area contributed by atoms with Gasteiger partial charge in [-0.3, -0.25) is 4.90 Å². The second kappa shape index (κ2) is 5.71. The zero-order valence-electron chi connectivity index (χ0n) is 13.5. The van der Waals surface area contributed by atoms with Crippen LogP contribution in [0.2, 0.25) is 0 Å². The summed E-state index contributed by atoms with van der Waals surface area (Å²) in [7, 11) is 0. The van der Waals surface area contributed by atoms with Crippen molar-refractivity contribution >= 4 is 0 Å². The molecular weight excluding hydrogens is 236 g/mol. The lowest BCUT2D eigenvalue weighted by Crippen LogP contribution is -2.52. The predicted molar refractivity (Wildman–Crippen MR) is 80.5 cm³/mol. The lowest BCUT2D eigenvalue weighted by Gasteiger charge is -2.38. The molecule has 0 aromatic rings. The molecular formula is C16H32N2O. The minimum Gasteiger partial charge on any atom is -0.368 e. The van der Waals surface area contributed by atoms with E-state index in [1.807, 2.05) is 0 Å². The largest absolute Gasteiger partial charge is 0.368 e. The lowest BCUT2D eigenvalue weighted by molar-refractivity contribution is -0.0808. The molecule has 0 bridgehead atoms. The van der Waals surface area contributed by atoms with E-state index in [9.17, 15) is 0 Å². The van der Waals surface area contributed by atoms with Crippen molar-refractivity contribution in [3.63, 3.8) is 0 Å². The number of likely N-dealkylation sites (N-methyl/N-ethyl adjacent to an activating group) is 1. The van der Waals surface area contributed by atoms with Gasteiger partial charge in [0.15, 0.2) is 0 Å². The van der Waals surface area contributed by atoms with Gasteiger partial charge in [0.05, 0.1) is 11.2 Å². The van der Waals surface area contributed by atoms with E-state index in [-0.39, 0.29) is 11.2 Å². The standard InChI is InChI=1S/C16H32N2O/c1-6-18(12-13-9-7-8-10-17-13)14-11-15(2,3)19-16(14,4)5/h13-14,17H,6-12H2,1-5H3. The van der Waals surface area contributed by atoms with Crippen LogP contribution in [0.15, 0.2) is 0 Å². The minimum atomic E-state index is -0.0336. The van der Waals surface area contributed by atoms with E-state index >= 15 is 0 Å². The monoisotopic (exact) mass is 268 g/mol. The highest BCUT2D eigenvalue weighted by Gasteiger charge is 2.48. The Morgan fingerprint density at radius 1 is 1.21 bits per heavy atom. The normalized spacial score (nSPS) is 33.8. The smallest absolute Gasteiger partial charge is 0.0789 e. The number of nitrogens with zero attached hydrogens (tertiary/aromatic N) is 1. The maximum atomic E-state index is 6.26. The average molecular weight is 268 g/mol. The molecule has 0 saturated carbocycles. The second-order valence-electron chi connectivity index (χ2n) is 7.42. The highest BCUT2D eigenvalue weighted by atomic mass is 16.5. The van der Waals surface area contributed by atoms with E-state index in [1.165, 1.54) is 32.4 Å². The fourth-order valence-electron chi connectivity index (χ4n) is 3.94. The average Bonchev–Trinajstić information content (AvgIpc) is 2.55. The molecule has 0 amide bonds. The summed E-state index contributed by atoms with van der Waals surface area (Å²) in [5.41, 5.74) is -0.0181. The zero-order valence-corrected chi connectivity index (χ0v) is 13.5. The lowest BCUT2D eigenvalue weighted by atomic mass is 9.92. The molecule has 2 atom stereocenters. The van der Waals surface area contributed by atoms with Gasteiger partial charge in [-0.2, -0.15) is 0 Å². The van der Waals surface area contributed by atoms with Gasteiger partial charge in [-0.05, 0) is 60.0 Å². The first-order chi connectivity index (χ1) is 8.84. The molecule has 0 aliphatic carbocycles. The van der Waals surface area contributed by atoms with Crippen LogP contribution in [0.4, 0.5) is 0 Å². The fourth-order valence-corrected chi connectivity index (χ4v) is 3.94. The summed E-state index contributed by atoms with van der Waals surface area (Å²) in [4.78, 5) is 2.64. The molecule has 2 aliphatic heterocycles. The molecule has 19 heavy (non-hydrogen) atoms. The van der Waals surface area contributed by atoms with E-state index in [0.29, 0.717) is 12.1 Å². The molecule has 0 spiro atoms. The summed E-state index contributed by atoms with van der Waals surface area (Å²) in [6, 6.07) is 1.21. The van der Waals surface area contributed by atoms with Crippen molar-refractivity contribution in [2.24, 2.45) is 0 Å². The highest BCUT2D eigenvalue weighted by molar-refractivity contribution is 5.00. The van der Waals surface area contributed by atoms with E-state index < -0.39 is 0 Å². The molecule has 1 N–H and O–H groups in total. The van der Waals surface area contributed by atoms with Gasteiger partial charge in [-0.1, -0.05) is 13.3 Å². The summed E-state index contributed by atoms with van der Waals surface area (Å²) >= 11 is 0. The minimum absolute atomic E-state index is 0.0155. The highest BCUT2D eigenvalue weighted by Crippen LogP contribution is 2.40. The zero-order chi connectivity index (χ0) is 14.1. The molecule has 2 unspecified atom stereocenters. The van der Waals surface area contributed by atoms with Gasteiger partial charge >= 0.3 is 0 Å². The maximum Gasteiger partial charge on any atom is 0.0789 e. The quantitative estimate of drug-likeness (QED) is 0.848. The Bertz CT molecular complexity index is 295. The second-order valence-corrected chi connectivity index (χ2v) is 7.42. The first-order valence-electron chi connectivity index (χ1n) is 8.02. The van der Waals surface area contributed by atoms with E-state index in [0.717, 1.165) is 13.0 Å². The van der Waals surface area contributed by atoms with Crippen molar-refractivity contribution in [2.75, 3.05) is 19.6 Å². The van der Waals surface area contributed by atoms with Crippen molar-refractivity contribution in [1.82, 2.24) is 10.2 Å². The van der Waals surface area contributed by atoms with Crippen LogP contribution in [0.25, 0.3) is 0 Å². The summed E-state index contributed by atoms with van der Waals surface area (Å²) in [5, 5.41) is 3.67. The van der Waals surface area contributed by atoms with Gasteiger partial charge in [-0.25, -0.2) is 0 Å². The summed E-state index contributed by atoms with van der Waals surface area (Å²) in [5.74, 6) is 0. The molecule has 0 aromatic heterocycles. The Morgan fingerprint density at radius 3 is 2.42 bits per heavy atom. The molecule has 0 aromatic carbocycles. The third-order valence-corrected chi connectivity index (χ3v) is 4.74. The van der Waals surface area contributed by atoms with Crippen LogP contribution in [-0.2, 0) is 4.74 Å². The Morgan fingerprint density at radius 2 is 1.95 bits per heavy atom. The van der Waals surface area contributed by atoms with Crippen LogP contribution < -0.4 is 5.32 Å². The molecule has 0 radical (unpaired) electrons. The van der Waals surface area contributed by atoms with Crippen LogP contribution in [0.3, 0.4) is 0 Å². The number of hydrogen-bond acceptors (Lipinski definition) is 3. The Balaban J connectivity index is 2.00. The summed E-state index contributed by atoms with van der Waals surface area (Å²) in [6.45, 7) is 14.7. The summed E-state index contributed by atoms with van der Waals surface area (Å²) in [6.07, 6.45) is 5.19. The van der Waals surface area contributed by atoms with Gasteiger partial charge in [0, 0.05) is 18.6 Å². The first kappa shape index (κ1) is 15.3. The van der Waals surface area contributed by atoms with E-state index in [1.54, 1.807) is 0 Å². The molecule has 2 fully saturated rings. The van der Waals surface area contributed by atoms with Crippen molar-refractivity contribution in [2.45, 2.75) is 83.6 Å². The van der Waals surface area contributed by atoms with Crippen LogP contribution in [0, 0.1) is 0 Å². The van der Waals surface area contributed by atoms with Gasteiger partial charge in [0.25, 0.3) is 0 Å². The van der Waals surface area contributed by atoms with Crippen molar-refractivity contribution in [3.8, 4) is 0 Å². The fraction of sp³-hybridized carbons (Fsp3) is 1.00. The van der Waals surface area contributed by atoms with Crippen LogP contribution >= 0.6 is 0 Å². The summed E-state index contributed by atoms with van der Waals surface area (Å²) < 4.78 is 6.26. The molecule has 3 nitrogen and oxygen atoms in total. The number of piperidine rings is 1. The molecule has 2 aliphatic rings. The predicted octanol–water partition coefficient (Wildman–Crippen LogP) is 2.80. The third kappa shape index (κ3) is 3.71. The SMILES string of the molecule is CCN(CC1CCCCN1)C1CC(C)(C)OC1(C)C. The molecule has 3 heteroatoms. The molecule has 112 valence electrons. The van der Waals surface area contributed by atoms with Crippen LogP contribution in [0.5, 0.6) is 0 Å². The molecule has 2 rings (SSSR count). The Labute approximate surface area is 119 Å². The van der Waals surface area contributed by atoms with Crippen molar-refractivity contribution in [1.29, 1.82) is 0 Å². The first-order valence-corrected chi connectivity index (χ1v) is 8.02. The van der Waals surface area contributed by atoms with Crippen LogP contribution in [0.1, 0.15) is 60.3 Å². The molecule has 2 saturated heterocycles. The van der Waals surface area contributed by atoms with Gasteiger partial charge < -0.3 is 10.1 Å². The van der Waals surface area contributed by atoms with Gasteiger partial charge in [0.2, 0.25) is 0 Å². The Hall–Kier alpha value is -0.120. The van der Waals surface area contributed by atoms with Crippen LogP contribution in [-0.4, -0.2) is 47.8 Å². The Kier molecular flexibility index (Phi) is 4.59. The molecule has 2 heterocycles. The van der Waals surface area contributed by atoms with Crippen molar-refractivity contribution < 1.29 is 4.74 Å². The van der Waals surface area contributed by atoms with Crippen molar-refractivity contribution in [3.05, 3.63) is 0 Å². The topological polar surface area (TPSA) is 24.5 Å².